The first kappa shape index (κ1) is 19.8. The van der Waals surface area contributed by atoms with E-state index in [0.717, 1.165) is 42.0 Å². The average Bonchev–Trinajstić information content (AvgIpc) is 3.32. The van der Waals surface area contributed by atoms with Crippen molar-refractivity contribution >= 4 is 17.8 Å². The van der Waals surface area contributed by atoms with Gasteiger partial charge in [-0.05, 0) is 54.3 Å². The molecule has 0 aliphatic carbocycles. The van der Waals surface area contributed by atoms with Crippen LogP contribution in [0.15, 0.2) is 67.4 Å². The minimum Gasteiger partial charge on any atom is -0.391 e. The van der Waals surface area contributed by atoms with E-state index < -0.39 is 0 Å². The van der Waals surface area contributed by atoms with Gasteiger partial charge in [0.25, 0.3) is 0 Å². The number of aliphatic hydroxyl groups excluding tert-OH is 1. The van der Waals surface area contributed by atoms with Crippen LogP contribution in [0.5, 0.6) is 0 Å². The molecule has 7 heteroatoms. The number of piperidine rings is 1. The molecule has 1 aliphatic rings. The van der Waals surface area contributed by atoms with Crippen LogP contribution in [0, 0.1) is 0 Å². The van der Waals surface area contributed by atoms with Gasteiger partial charge in [0.05, 0.1) is 12.4 Å². The Bertz CT molecular complexity index is 999. The van der Waals surface area contributed by atoms with Crippen molar-refractivity contribution in [3.63, 3.8) is 0 Å². The van der Waals surface area contributed by atoms with E-state index in [1.807, 2.05) is 47.2 Å². The van der Waals surface area contributed by atoms with E-state index in [-0.39, 0.29) is 12.0 Å². The van der Waals surface area contributed by atoms with Crippen LogP contribution in [0.4, 0.5) is 5.82 Å². The van der Waals surface area contributed by atoms with E-state index >= 15 is 0 Å². The molecule has 7 nitrogen and oxygen atoms in total. The molecule has 3 heterocycles. The molecule has 1 fully saturated rings. The molecule has 0 bridgehead atoms. The molecule has 0 spiro atoms. The second kappa shape index (κ2) is 9.37. The van der Waals surface area contributed by atoms with Gasteiger partial charge in [-0.25, -0.2) is 9.97 Å². The van der Waals surface area contributed by atoms with Crippen molar-refractivity contribution in [3.05, 3.63) is 78.5 Å². The van der Waals surface area contributed by atoms with Crippen LogP contribution in [0.1, 0.15) is 24.0 Å². The molecular formula is C23H25N5O2. The molecular weight excluding hydrogens is 378 g/mol. The summed E-state index contributed by atoms with van der Waals surface area (Å²) < 4.78 is 1.92. The molecule has 4 rings (SSSR count). The van der Waals surface area contributed by atoms with Crippen molar-refractivity contribution in [1.82, 2.24) is 19.9 Å². The van der Waals surface area contributed by atoms with E-state index in [4.69, 9.17) is 0 Å². The molecule has 2 N–H and O–H groups in total. The van der Waals surface area contributed by atoms with Crippen LogP contribution >= 0.6 is 0 Å². The Kier molecular flexibility index (Phi) is 6.20. The highest BCUT2D eigenvalue weighted by molar-refractivity contribution is 5.91. The number of benzene rings is 1. The van der Waals surface area contributed by atoms with Gasteiger partial charge >= 0.3 is 0 Å². The molecule has 1 unspecified atom stereocenters. The predicted octanol–water partition coefficient (Wildman–Crippen LogP) is 2.56. The number of β-amino-alcohol motifs (C(OH)–C–C–N with tert-alkyl or cyclic N) is 1. The summed E-state index contributed by atoms with van der Waals surface area (Å²) in [6.07, 6.45) is 11.9. The minimum absolute atomic E-state index is 0.152. The smallest absolute Gasteiger partial charge is 0.244 e. The van der Waals surface area contributed by atoms with Gasteiger partial charge in [0.2, 0.25) is 5.91 Å². The Balaban J connectivity index is 1.31. The van der Waals surface area contributed by atoms with Crippen molar-refractivity contribution < 1.29 is 9.90 Å². The Morgan fingerprint density at radius 1 is 1.23 bits per heavy atom. The van der Waals surface area contributed by atoms with Crippen LogP contribution in [-0.2, 0) is 11.3 Å². The van der Waals surface area contributed by atoms with Gasteiger partial charge in [0.15, 0.2) is 0 Å². The van der Waals surface area contributed by atoms with Gasteiger partial charge < -0.3 is 19.9 Å². The van der Waals surface area contributed by atoms with E-state index in [1.165, 1.54) is 6.08 Å². The fourth-order valence-corrected chi connectivity index (χ4v) is 3.50. The quantitative estimate of drug-likeness (QED) is 0.618. The molecule has 154 valence electrons. The van der Waals surface area contributed by atoms with Gasteiger partial charge in [-0.3, -0.25) is 4.79 Å². The van der Waals surface area contributed by atoms with Crippen LogP contribution in [0.2, 0.25) is 0 Å². The summed E-state index contributed by atoms with van der Waals surface area (Å²) in [6.45, 7) is 1.92. The Morgan fingerprint density at radius 2 is 2.10 bits per heavy atom. The zero-order chi connectivity index (χ0) is 20.8. The topological polar surface area (TPSA) is 83.3 Å². The molecule has 1 amide bonds. The average molecular weight is 403 g/mol. The highest BCUT2D eigenvalue weighted by Crippen LogP contribution is 2.18. The number of aromatic nitrogens is 3. The highest BCUT2D eigenvalue weighted by Gasteiger charge is 2.18. The second-order valence-corrected chi connectivity index (χ2v) is 7.38. The Morgan fingerprint density at radius 3 is 2.87 bits per heavy atom. The SMILES string of the molecule is O=C(/C=C/c1ccc(-n2ccnc2)cc1)NCc1ccnc(N2CCCC(O)C2)c1. The summed E-state index contributed by atoms with van der Waals surface area (Å²) in [4.78, 5) is 22.7. The number of rotatable bonds is 6. The van der Waals surface area contributed by atoms with Crippen molar-refractivity contribution in [2.45, 2.75) is 25.5 Å². The Labute approximate surface area is 175 Å². The maximum absolute atomic E-state index is 12.2. The first-order valence-corrected chi connectivity index (χ1v) is 10.1. The summed E-state index contributed by atoms with van der Waals surface area (Å²) in [5, 5.41) is 12.8. The summed E-state index contributed by atoms with van der Waals surface area (Å²) in [6, 6.07) is 11.7. The molecule has 1 aromatic carbocycles. The lowest BCUT2D eigenvalue weighted by Crippen LogP contribution is -2.38. The van der Waals surface area contributed by atoms with Gasteiger partial charge in [0.1, 0.15) is 5.82 Å². The number of carbonyl (C=O) groups is 1. The van der Waals surface area contributed by atoms with Gasteiger partial charge in [-0.1, -0.05) is 12.1 Å². The number of aliphatic hydroxyl groups is 1. The van der Waals surface area contributed by atoms with E-state index in [1.54, 1.807) is 24.8 Å². The third kappa shape index (κ3) is 5.12. The number of amides is 1. The molecule has 30 heavy (non-hydrogen) atoms. The van der Waals surface area contributed by atoms with Crippen LogP contribution in [0.25, 0.3) is 11.8 Å². The molecule has 1 atom stereocenters. The largest absolute Gasteiger partial charge is 0.391 e. The van der Waals surface area contributed by atoms with Gasteiger partial charge in [-0.15, -0.1) is 0 Å². The van der Waals surface area contributed by atoms with E-state index in [2.05, 4.69) is 20.2 Å². The summed E-state index contributed by atoms with van der Waals surface area (Å²) in [7, 11) is 0. The number of pyridine rings is 1. The first-order chi connectivity index (χ1) is 14.7. The maximum Gasteiger partial charge on any atom is 0.244 e. The highest BCUT2D eigenvalue weighted by atomic mass is 16.3. The maximum atomic E-state index is 12.2. The summed E-state index contributed by atoms with van der Waals surface area (Å²) in [5.74, 6) is 0.689. The molecule has 0 saturated carbocycles. The number of nitrogens with one attached hydrogen (secondary N) is 1. The minimum atomic E-state index is -0.303. The monoisotopic (exact) mass is 403 g/mol. The number of nitrogens with zero attached hydrogens (tertiary/aromatic N) is 4. The van der Waals surface area contributed by atoms with Crippen LogP contribution in [-0.4, -0.2) is 44.7 Å². The summed E-state index contributed by atoms with van der Waals surface area (Å²) in [5.41, 5.74) is 2.94. The van der Waals surface area contributed by atoms with Crippen molar-refractivity contribution in [2.75, 3.05) is 18.0 Å². The van der Waals surface area contributed by atoms with E-state index in [9.17, 15) is 9.90 Å². The molecule has 0 radical (unpaired) electrons. The lowest BCUT2D eigenvalue weighted by atomic mass is 10.1. The fourth-order valence-electron chi connectivity index (χ4n) is 3.50. The van der Waals surface area contributed by atoms with Crippen molar-refractivity contribution in [1.29, 1.82) is 0 Å². The number of hydrogen-bond donors (Lipinski definition) is 2. The number of carbonyl (C=O) groups excluding carboxylic acids is 1. The zero-order valence-corrected chi connectivity index (χ0v) is 16.7. The van der Waals surface area contributed by atoms with Crippen molar-refractivity contribution in [2.24, 2.45) is 0 Å². The second-order valence-electron chi connectivity index (χ2n) is 7.38. The number of anilines is 1. The molecule has 2 aromatic heterocycles. The molecule has 1 saturated heterocycles. The first-order valence-electron chi connectivity index (χ1n) is 10.1. The molecule has 1 aliphatic heterocycles. The van der Waals surface area contributed by atoms with E-state index in [0.29, 0.717) is 13.1 Å². The zero-order valence-electron chi connectivity index (χ0n) is 16.7. The number of imidazole rings is 1. The Hall–Kier alpha value is -3.45. The number of hydrogen-bond acceptors (Lipinski definition) is 5. The lowest BCUT2D eigenvalue weighted by molar-refractivity contribution is -0.116. The predicted molar refractivity (Wildman–Crippen MR) is 116 cm³/mol. The third-order valence-corrected chi connectivity index (χ3v) is 5.12. The standard InChI is InChI=1S/C23H25N5O2/c29-21-2-1-12-27(16-21)22-14-19(9-10-25-22)15-26-23(30)8-5-18-3-6-20(7-4-18)28-13-11-24-17-28/h3-11,13-14,17,21,29H,1-2,12,15-16H2,(H,26,30)/b8-5+. The molecule has 3 aromatic rings. The third-order valence-electron chi connectivity index (χ3n) is 5.12. The van der Waals surface area contributed by atoms with Gasteiger partial charge in [-0.2, -0.15) is 0 Å². The normalized spacial score (nSPS) is 16.7. The van der Waals surface area contributed by atoms with Crippen molar-refractivity contribution in [3.8, 4) is 5.69 Å². The van der Waals surface area contributed by atoms with Crippen LogP contribution < -0.4 is 10.2 Å². The van der Waals surface area contributed by atoms with Crippen LogP contribution in [0.3, 0.4) is 0 Å². The summed E-state index contributed by atoms with van der Waals surface area (Å²) >= 11 is 0. The van der Waals surface area contributed by atoms with Gasteiger partial charge in [0, 0.05) is 50.0 Å². The lowest BCUT2D eigenvalue weighted by Gasteiger charge is -2.31. The fraction of sp³-hybridized carbons (Fsp3) is 0.261.